The Morgan fingerprint density at radius 3 is 2.22 bits per heavy atom. The summed E-state index contributed by atoms with van der Waals surface area (Å²) in [5.74, 6) is 1.25. The summed E-state index contributed by atoms with van der Waals surface area (Å²) in [6.45, 7) is -0.153. The van der Waals surface area contributed by atoms with E-state index in [1.165, 1.54) is 21.3 Å². The highest BCUT2D eigenvalue weighted by Crippen LogP contribution is 2.39. The molecule has 0 heterocycles. The van der Waals surface area contributed by atoms with Gasteiger partial charge in [0.25, 0.3) is 0 Å². The van der Waals surface area contributed by atoms with Crippen LogP contribution in [-0.2, 0) is 6.54 Å². The Hall–Kier alpha value is -2.22. The van der Waals surface area contributed by atoms with Crippen LogP contribution in [0.15, 0.2) is 17.4 Å². The SMILES string of the molecule is COc1ccc(C[N+]([O-])=NO)c(OC)c1OC.N. The number of benzene rings is 1. The van der Waals surface area contributed by atoms with Crippen molar-refractivity contribution in [2.24, 2.45) is 5.28 Å². The zero-order valence-corrected chi connectivity index (χ0v) is 10.5. The molecular weight excluding hydrogens is 242 g/mol. The topological polar surface area (TPSA) is 121 Å². The van der Waals surface area contributed by atoms with Crippen molar-refractivity contribution < 1.29 is 24.3 Å². The summed E-state index contributed by atoms with van der Waals surface area (Å²) in [5, 5.41) is 21.8. The number of rotatable bonds is 5. The van der Waals surface area contributed by atoms with Crippen LogP contribution in [0.5, 0.6) is 17.2 Å². The lowest BCUT2D eigenvalue weighted by molar-refractivity contribution is -0.570. The van der Waals surface area contributed by atoms with Crippen LogP contribution in [-0.4, -0.2) is 31.4 Å². The maximum atomic E-state index is 11.0. The van der Waals surface area contributed by atoms with Gasteiger partial charge in [-0.3, -0.25) is 0 Å². The fourth-order valence-corrected chi connectivity index (χ4v) is 1.47. The molecular formula is C10H17N3O5. The average molecular weight is 259 g/mol. The normalized spacial score (nSPS) is 10.5. The van der Waals surface area contributed by atoms with Crippen LogP contribution in [0.4, 0.5) is 0 Å². The predicted molar refractivity (Wildman–Crippen MR) is 62.7 cm³/mol. The van der Waals surface area contributed by atoms with Crippen molar-refractivity contribution in [2.45, 2.75) is 6.54 Å². The molecule has 0 spiro atoms. The van der Waals surface area contributed by atoms with E-state index in [2.05, 4.69) is 5.28 Å². The fourth-order valence-electron chi connectivity index (χ4n) is 1.47. The van der Waals surface area contributed by atoms with Crippen LogP contribution >= 0.6 is 0 Å². The average Bonchev–Trinajstić information content (AvgIpc) is 2.37. The third-order valence-electron chi connectivity index (χ3n) is 2.19. The molecule has 0 amide bonds. The van der Waals surface area contributed by atoms with Gasteiger partial charge in [-0.2, -0.15) is 0 Å². The lowest BCUT2D eigenvalue weighted by Gasteiger charge is -2.14. The van der Waals surface area contributed by atoms with Crippen molar-refractivity contribution in [1.29, 1.82) is 0 Å². The molecule has 18 heavy (non-hydrogen) atoms. The van der Waals surface area contributed by atoms with Crippen LogP contribution in [0.3, 0.4) is 0 Å². The fraction of sp³-hybridized carbons (Fsp3) is 0.400. The maximum Gasteiger partial charge on any atom is 0.213 e. The molecule has 0 aliphatic heterocycles. The van der Waals surface area contributed by atoms with Crippen LogP contribution in [0.1, 0.15) is 5.56 Å². The number of methoxy groups -OCH3 is 3. The van der Waals surface area contributed by atoms with Gasteiger partial charge in [0.1, 0.15) is 0 Å². The van der Waals surface area contributed by atoms with Crippen molar-refractivity contribution in [3.8, 4) is 17.2 Å². The lowest BCUT2D eigenvalue weighted by atomic mass is 10.1. The molecule has 0 aliphatic carbocycles. The first-order valence-electron chi connectivity index (χ1n) is 4.75. The lowest BCUT2D eigenvalue weighted by Crippen LogP contribution is -2.04. The summed E-state index contributed by atoms with van der Waals surface area (Å²) in [6.07, 6.45) is 0. The molecule has 4 N–H and O–H groups in total. The molecule has 1 aromatic carbocycles. The van der Waals surface area contributed by atoms with E-state index in [4.69, 9.17) is 19.4 Å². The quantitative estimate of drug-likeness (QED) is 0.471. The van der Waals surface area contributed by atoms with E-state index in [1.54, 1.807) is 12.1 Å². The highest BCUT2D eigenvalue weighted by molar-refractivity contribution is 5.55. The number of ether oxygens (including phenoxy) is 3. The van der Waals surface area contributed by atoms with Gasteiger partial charge in [0.2, 0.25) is 12.3 Å². The van der Waals surface area contributed by atoms with Crippen molar-refractivity contribution in [2.75, 3.05) is 21.3 Å². The first-order chi connectivity index (χ1) is 8.17. The molecule has 0 aromatic heterocycles. The Balaban J connectivity index is 0.00000289. The molecule has 0 fully saturated rings. The van der Waals surface area contributed by atoms with Gasteiger partial charge >= 0.3 is 0 Å². The first-order valence-corrected chi connectivity index (χ1v) is 4.75. The summed E-state index contributed by atoms with van der Waals surface area (Å²) in [5.41, 5.74) is 0.526. The Labute approximate surface area is 105 Å². The van der Waals surface area contributed by atoms with E-state index < -0.39 is 0 Å². The minimum absolute atomic E-state index is 0. The Morgan fingerprint density at radius 1 is 1.17 bits per heavy atom. The highest BCUT2D eigenvalue weighted by Gasteiger charge is 2.18. The smallest absolute Gasteiger partial charge is 0.213 e. The van der Waals surface area contributed by atoms with Gasteiger partial charge in [0.05, 0.1) is 26.9 Å². The summed E-state index contributed by atoms with van der Waals surface area (Å²) in [7, 11) is 4.42. The largest absolute Gasteiger partial charge is 0.597 e. The van der Waals surface area contributed by atoms with Crippen molar-refractivity contribution in [1.82, 2.24) is 6.15 Å². The van der Waals surface area contributed by atoms with E-state index in [9.17, 15) is 5.21 Å². The molecule has 1 aromatic rings. The monoisotopic (exact) mass is 259 g/mol. The first kappa shape index (κ1) is 15.8. The number of nitrogens with zero attached hydrogens (tertiary/aromatic N) is 2. The van der Waals surface area contributed by atoms with Crippen molar-refractivity contribution in [3.63, 3.8) is 0 Å². The van der Waals surface area contributed by atoms with E-state index in [0.29, 0.717) is 22.8 Å². The molecule has 8 heteroatoms. The molecule has 0 aliphatic rings. The highest BCUT2D eigenvalue weighted by atomic mass is 16.6. The summed E-state index contributed by atoms with van der Waals surface area (Å²) in [4.78, 5) is 0.129. The van der Waals surface area contributed by atoms with E-state index in [0.717, 1.165) is 0 Å². The second-order valence-electron chi connectivity index (χ2n) is 3.09. The Morgan fingerprint density at radius 2 is 1.78 bits per heavy atom. The van der Waals surface area contributed by atoms with Crippen LogP contribution in [0.25, 0.3) is 0 Å². The van der Waals surface area contributed by atoms with Crippen molar-refractivity contribution in [3.05, 3.63) is 22.9 Å². The van der Waals surface area contributed by atoms with Crippen LogP contribution in [0.2, 0.25) is 0 Å². The number of hydroxylamine groups is 1. The molecule has 8 nitrogen and oxygen atoms in total. The second kappa shape index (κ2) is 7.17. The summed E-state index contributed by atoms with van der Waals surface area (Å²) >= 11 is 0. The minimum Gasteiger partial charge on any atom is -0.597 e. The van der Waals surface area contributed by atoms with Crippen LogP contribution in [0, 0.1) is 5.21 Å². The summed E-state index contributed by atoms with van der Waals surface area (Å²) < 4.78 is 15.4. The van der Waals surface area contributed by atoms with Gasteiger partial charge in [0.15, 0.2) is 16.8 Å². The zero-order chi connectivity index (χ0) is 12.8. The van der Waals surface area contributed by atoms with Gasteiger partial charge < -0.3 is 30.8 Å². The van der Waals surface area contributed by atoms with Gasteiger partial charge in [-0.15, -0.1) is 0 Å². The molecule has 0 radical (unpaired) electrons. The van der Waals surface area contributed by atoms with Gasteiger partial charge in [-0.1, -0.05) is 4.86 Å². The maximum absolute atomic E-state index is 11.0. The third kappa shape index (κ3) is 3.14. The zero-order valence-electron chi connectivity index (χ0n) is 10.5. The van der Waals surface area contributed by atoms with Gasteiger partial charge in [-0.05, 0) is 12.1 Å². The van der Waals surface area contributed by atoms with E-state index in [1.807, 2.05) is 0 Å². The van der Waals surface area contributed by atoms with Crippen molar-refractivity contribution >= 4 is 0 Å². The third-order valence-corrected chi connectivity index (χ3v) is 2.19. The predicted octanol–water partition coefficient (Wildman–Crippen LogP) is 1.73. The number of hydrogen-bond donors (Lipinski definition) is 2. The Kier molecular flexibility index (Phi) is 6.29. The van der Waals surface area contributed by atoms with E-state index in [-0.39, 0.29) is 17.6 Å². The van der Waals surface area contributed by atoms with Gasteiger partial charge in [0, 0.05) is 0 Å². The molecule has 0 bridgehead atoms. The standard InChI is InChI=1S/C10H14N2O5.H3N/c1-15-8-5-4-7(6-12(14)11-13)9(16-2)10(8)17-3;/h4-5,13H,6H2,1-3H3;1H3. The van der Waals surface area contributed by atoms with Gasteiger partial charge in [-0.25, -0.2) is 0 Å². The molecule has 0 unspecified atom stereocenters. The Bertz CT molecular complexity index is 422. The summed E-state index contributed by atoms with van der Waals surface area (Å²) in [6, 6.07) is 3.28. The van der Waals surface area contributed by atoms with Crippen LogP contribution < -0.4 is 20.4 Å². The second-order valence-corrected chi connectivity index (χ2v) is 3.09. The minimum atomic E-state index is -0.153. The van der Waals surface area contributed by atoms with E-state index >= 15 is 0 Å². The number of hydrogen-bond acceptors (Lipinski definition) is 6. The molecule has 102 valence electrons. The molecule has 0 atom stereocenters. The molecule has 0 saturated heterocycles. The molecule has 0 saturated carbocycles. The molecule has 1 rings (SSSR count).